The number of carbonyl (C=O) groups excluding carboxylic acids is 1. The summed E-state index contributed by atoms with van der Waals surface area (Å²) in [6.07, 6.45) is 0.282. The molecule has 1 atom stereocenters. The van der Waals surface area contributed by atoms with Crippen LogP contribution in [0, 0.1) is 5.82 Å². The number of nitrogens with zero attached hydrogens (tertiary/aromatic N) is 2. The second kappa shape index (κ2) is 10.9. The molecule has 1 aromatic heterocycles. The van der Waals surface area contributed by atoms with E-state index in [1.54, 1.807) is 31.2 Å². The van der Waals surface area contributed by atoms with E-state index in [0.717, 1.165) is 0 Å². The molecule has 0 spiro atoms. The molecular formula is C23H22ClFN2O5. The lowest BCUT2D eigenvalue weighted by atomic mass is 10.1. The first-order valence-electron chi connectivity index (χ1n) is 9.83. The Morgan fingerprint density at radius 3 is 2.75 bits per heavy atom. The van der Waals surface area contributed by atoms with E-state index in [2.05, 4.69) is 9.97 Å². The van der Waals surface area contributed by atoms with Crippen molar-refractivity contribution in [1.29, 1.82) is 0 Å². The van der Waals surface area contributed by atoms with Gasteiger partial charge in [0.15, 0.2) is 5.15 Å². The van der Waals surface area contributed by atoms with Crippen LogP contribution in [0.25, 0.3) is 11.3 Å². The fourth-order valence-corrected chi connectivity index (χ4v) is 3.19. The maximum atomic E-state index is 14.2. The minimum absolute atomic E-state index is 0.0249. The predicted octanol–water partition coefficient (Wildman–Crippen LogP) is 4.51. The molecule has 0 unspecified atom stereocenters. The molecular weight excluding hydrogens is 439 g/mol. The van der Waals surface area contributed by atoms with Crippen molar-refractivity contribution in [2.75, 3.05) is 13.7 Å². The Bertz CT molecular complexity index is 1100. The van der Waals surface area contributed by atoms with E-state index in [1.807, 2.05) is 0 Å². The molecule has 3 aromatic rings. The van der Waals surface area contributed by atoms with E-state index in [1.165, 1.54) is 31.5 Å². The fourth-order valence-electron chi connectivity index (χ4n) is 2.93. The van der Waals surface area contributed by atoms with Crippen molar-refractivity contribution in [3.63, 3.8) is 0 Å². The van der Waals surface area contributed by atoms with E-state index in [9.17, 15) is 14.3 Å². The first-order valence-corrected chi connectivity index (χ1v) is 10.2. The van der Waals surface area contributed by atoms with Gasteiger partial charge in [0, 0.05) is 5.56 Å². The number of aliphatic hydroxyl groups is 1. The first-order chi connectivity index (χ1) is 15.4. The van der Waals surface area contributed by atoms with Crippen molar-refractivity contribution in [2.45, 2.75) is 26.1 Å². The van der Waals surface area contributed by atoms with Crippen molar-refractivity contribution < 1.29 is 28.5 Å². The lowest BCUT2D eigenvalue weighted by Gasteiger charge is -2.13. The summed E-state index contributed by atoms with van der Waals surface area (Å²) in [5, 5.41) is 10.3. The maximum Gasteiger partial charge on any atom is 0.308 e. The molecule has 1 heterocycles. The number of aromatic nitrogens is 2. The number of rotatable bonds is 9. The monoisotopic (exact) mass is 460 g/mol. The van der Waals surface area contributed by atoms with E-state index in [4.69, 9.17) is 25.8 Å². The Balaban J connectivity index is 1.69. The highest BCUT2D eigenvalue weighted by atomic mass is 35.5. The van der Waals surface area contributed by atoms with Crippen LogP contribution in [0.15, 0.2) is 48.7 Å². The number of ether oxygens (including phenoxy) is 3. The van der Waals surface area contributed by atoms with E-state index < -0.39 is 17.9 Å². The fraction of sp³-hybridized carbons (Fsp3) is 0.261. The Kier molecular flexibility index (Phi) is 7.97. The molecule has 0 aliphatic carbocycles. The van der Waals surface area contributed by atoms with Gasteiger partial charge in [0.2, 0.25) is 0 Å². The molecule has 7 nitrogen and oxygen atoms in total. The molecule has 0 saturated carbocycles. The minimum atomic E-state index is -1.01. The summed E-state index contributed by atoms with van der Waals surface area (Å²) in [7, 11) is 1.48. The zero-order chi connectivity index (χ0) is 23.1. The second-order valence-electron chi connectivity index (χ2n) is 6.73. The number of halogens is 2. The summed E-state index contributed by atoms with van der Waals surface area (Å²) < 4.78 is 29.9. The van der Waals surface area contributed by atoms with Gasteiger partial charge in [0.05, 0.1) is 38.1 Å². The summed E-state index contributed by atoms with van der Waals surface area (Å²) in [5.41, 5.74) is 1.32. The highest BCUT2D eigenvalue weighted by molar-refractivity contribution is 6.31. The summed E-state index contributed by atoms with van der Waals surface area (Å²) >= 11 is 6.24. The van der Waals surface area contributed by atoms with Crippen LogP contribution in [0.1, 0.15) is 30.7 Å². The SMILES string of the molecule is CCOC(=O)C[C@@H](O)c1cccc(OCc2cnc(-c3cc(OC)ccc3F)c(Cl)n2)c1. The number of benzene rings is 2. The molecule has 0 radical (unpaired) electrons. The third-order valence-electron chi connectivity index (χ3n) is 4.50. The molecule has 32 heavy (non-hydrogen) atoms. The molecule has 0 aliphatic rings. The van der Waals surface area contributed by atoms with Gasteiger partial charge in [-0.15, -0.1) is 0 Å². The third kappa shape index (κ3) is 5.93. The number of methoxy groups -OCH3 is 1. The molecule has 0 amide bonds. The number of carbonyl (C=O) groups is 1. The van der Waals surface area contributed by atoms with Gasteiger partial charge < -0.3 is 19.3 Å². The quantitative estimate of drug-likeness (QED) is 0.470. The Morgan fingerprint density at radius 1 is 1.22 bits per heavy atom. The van der Waals surface area contributed by atoms with Crippen LogP contribution >= 0.6 is 11.6 Å². The molecule has 2 aromatic carbocycles. The lowest BCUT2D eigenvalue weighted by Crippen LogP contribution is -2.10. The van der Waals surface area contributed by atoms with Gasteiger partial charge in [-0.1, -0.05) is 23.7 Å². The predicted molar refractivity (Wildman–Crippen MR) is 116 cm³/mol. The second-order valence-corrected chi connectivity index (χ2v) is 7.09. The molecule has 0 fully saturated rings. The minimum Gasteiger partial charge on any atom is -0.497 e. The largest absolute Gasteiger partial charge is 0.497 e. The summed E-state index contributed by atoms with van der Waals surface area (Å²) in [6.45, 7) is 2.00. The van der Waals surface area contributed by atoms with Gasteiger partial charge in [-0.3, -0.25) is 9.78 Å². The van der Waals surface area contributed by atoms with E-state index in [0.29, 0.717) is 22.8 Å². The Labute approximate surface area is 189 Å². The van der Waals surface area contributed by atoms with Crippen LogP contribution < -0.4 is 9.47 Å². The van der Waals surface area contributed by atoms with Crippen LogP contribution in [-0.4, -0.2) is 34.8 Å². The molecule has 3 rings (SSSR count). The van der Waals surface area contributed by atoms with Gasteiger partial charge >= 0.3 is 5.97 Å². The average molecular weight is 461 g/mol. The van der Waals surface area contributed by atoms with Gasteiger partial charge in [0.25, 0.3) is 0 Å². The number of hydrogen-bond acceptors (Lipinski definition) is 7. The van der Waals surface area contributed by atoms with Crippen molar-refractivity contribution in [3.8, 4) is 22.8 Å². The smallest absolute Gasteiger partial charge is 0.308 e. The van der Waals surface area contributed by atoms with Gasteiger partial charge in [-0.25, -0.2) is 9.37 Å². The highest BCUT2D eigenvalue weighted by Gasteiger charge is 2.16. The van der Waals surface area contributed by atoms with Crippen molar-refractivity contribution in [2.24, 2.45) is 0 Å². The van der Waals surface area contributed by atoms with Crippen LogP contribution in [0.5, 0.6) is 11.5 Å². The van der Waals surface area contributed by atoms with Crippen LogP contribution in [0.2, 0.25) is 5.15 Å². The van der Waals surface area contributed by atoms with Crippen LogP contribution in [0.4, 0.5) is 4.39 Å². The normalized spacial score (nSPS) is 11.7. The molecule has 168 valence electrons. The van der Waals surface area contributed by atoms with E-state index in [-0.39, 0.29) is 36.0 Å². The number of hydrogen-bond donors (Lipinski definition) is 1. The molecule has 0 aliphatic heterocycles. The zero-order valence-corrected chi connectivity index (χ0v) is 18.3. The molecule has 0 saturated heterocycles. The van der Waals surface area contributed by atoms with Crippen molar-refractivity contribution in [3.05, 3.63) is 70.9 Å². The van der Waals surface area contributed by atoms with E-state index >= 15 is 0 Å². The lowest BCUT2D eigenvalue weighted by molar-refractivity contribution is -0.145. The standard InChI is InChI=1S/C23H22ClFN2O5/c1-3-31-21(29)11-20(28)14-5-4-6-17(9-14)32-13-15-12-26-22(23(24)27-15)18-10-16(30-2)7-8-19(18)25/h4-10,12,20,28H,3,11,13H2,1-2H3/t20-/m1/s1. The summed E-state index contributed by atoms with van der Waals surface area (Å²) in [4.78, 5) is 20.0. The molecule has 0 bridgehead atoms. The first kappa shape index (κ1) is 23.4. The van der Waals surface area contributed by atoms with Gasteiger partial charge in [-0.05, 0) is 42.8 Å². The van der Waals surface area contributed by atoms with Gasteiger partial charge in [0.1, 0.15) is 29.6 Å². The topological polar surface area (TPSA) is 90.8 Å². The number of esters is 1. The average Bonchev–Trinajstić information content (AvgIpc) is 2.79. The Hall–Kier alpha value is -3.23. The molecule has 1 N–H and O–H groups in total. The van der Waals surface area contributed by atoms with Crippen LogP contribution in [0.3, 0.4) is 0 Å². The third-order valence-corrected chi connectivity index (χ3v) is 4.77. The summed E-state index contributed by atoms with van der Waals surface area (Å²) in [6, 6.07) is 11.0. The van der Waals surface area contributed by atoms with Crippen molar-refractivity contribution >= 4 is 17.6 Å². The molecule has 9 heteroatoms. The zero-order valence-electron chi connectivity index (χ0n) is 17.5. The van der Waals surface area contributed by atoms with Crippen LogP contribution in [-0.2, 0) is 16.1 Å². The number of aliphatic hydroxyl groups excluding tert-OH is 1. The summed E-state index contributed by atoms with van der Waals surface area (Å²) in [5.74, 6) is -0.0454. The van der Waals surface area contributed by atoms with Crippen molar-refractivity contribution in [1.82, 2.24) is 9.97 Å². The maximum absolute atomic E-state index is 14.2. The Morgan fingerprint density at radius 2 is 2.03 bits per heavy atom. The highest BCUT2D eigenvalue weighted by Crippen LogP contribution is 2.30. The van der Waals surface area contributed by atoms with Gasteiger partial charge in [-0.2, -0.15) is 0 Å².